The normalized spacial score (nSPS) is 22.8. The summed E-state index contributed by atoms with van der Waals surface area (Å²) in [6.07, 6.45) is 2.84. The molecule has 0 bridgehead atoms. The number of aliphatic imine (C=N–C) groups is 1. The summed E-state index contributed by atoms with van der Waals surface area (Å²) in [7, 11) is 0. The summed E-state index contributed by atoms with van der Waals surface area (Å²) in [5.74, 6) is 1.13. The van der Waals surface area contributed by atoms with Crippen LogP contribution < -0.4 is 10.6 Å². The van der Waals surface area contributed by atoms with Crippen molar-refractivity contribution in [2.24, 2.45) is 10.4 Å². The van der Waals surface area contributed by atoms with Crippen LogP contribution in [0, 0.1) is 5.41 Å². The average Bonchev–Trinajstić information content (AvgIpc) is 2.98. The Hall–Kier alpha value is -1.02. The van der Waals surface area contributed by atoms with Gasteiger partial charge in [0.1, 0.15) is 0 Å². The zero-order valence-corrected chi connectivity index (χ0v) is 20.1. The third-order valence-electron chi connectivity index (χ3n) is 5.72. The van der Waals surface area contributed by atoms with Crippen LogP contribution in [-0.2, 0) is 10.2 Å². The minimum absolute atomic E-state index is 0. The number of halogens is 2. The lowest BCUT2D eigenvalue weighted by atomic mass is 9.79. The van der Waals surface area contributed by atoms with Crippen molar-refractivity contribution in [3.05, 3.63) is 34.9 Å². The lowest BCUT2D eigenvalue weighted by Gasteiger charge is -2.41. The molecular weight excluding hydrogens is 487 g/mol. The first-order valence-electron chi connectivity index (χ1n) is 9.90. The van der Waals surface area contributed by atoms with Gasteiger partial charge in [-0.3, -0.25) is 9.79 Å². The number of piperidine rings is 1. The Balaban J connectivity index is 0.00000280. The van der Waals surface area contributed by atoms with Gasteiger partial charge in [0.25, 0.3) is 0 Å². The maximum atomic E-state index is 11.8. The van der Waals surface area contributed by atoms with Crippen molar-refractivity contribution >= 4 is 47.4 Å². The summed E-state index contributed by atoms with van der Waals surface area (Å²) in [5.41, 5.74) is 1.15. The smallest absolute Gasteiger partial charge is 0.220 e. The standard InChI is InChI=1S/C21H31ClN4O.HI/c1-4-23-19(25-13-20(2,3)16-7-5-8-17(22)11-16)26-10-6-9-21(15-26)12-18(27)24-14-21;/h5,7-8,11H,4,6,9-10,12-15H2,1-3H3,(H,23,25)(H,24,27);1H. The van der Waals surface area contributed by atoms with Crippen molar-refractivity contribution in [2.75, 3.05) is 32.7 Å². The van der Waals surface area contributed by atoms with E-state index in [9.17, 15) is 4.79 Å². The predicted molar refractivity (Wildman–Crippen MR) is 127 cm³/mol. The molecule has 5 nitrogen and oxygen atoms in total. The minimum atomic E-state index is -0.107. The molecule has 0 aliphatic carbocycles. The quantitative estimate of drug-likeness (QED) is 0.362. The highest BCUT2D eigenvalue weighted by atomic mass is 127. The molecule has 1 amide bonds. The number of benzene rings is 1. The molecule has 1 aromatic carbocycles. The molecule has 0 radical (unpaired) electrons. The van der Waals surface area contributed by atoms with Crippen LogP contribution in [0.15, 0.2) is 29.3 Å². The van der Waals surface area contributed by atoms with Gasteiger partial charge in [0.05, 0.1) is 6.54 Å². The molecule has 1 spiro atoms. The fourth-order valence-corrected chi connectivity index (χ4v) is 4.32. The van der Waals surface area contributed by atoms with Crippen molar-refractivity contribution in [2.45, 2.75) is 45.4 Å². The monoisotopic (exact) mass is 518 g/mol. The molecule has 1 aromatic rings. The minimum Gasteiger partial charge on any atom is -0.357 e. The van der Waals surface area contributed by atoms with Crippen LogP contribution in [0.3, 0.4) is 0 Å². The molecule has 2 fully saturated rings. The number of hydrogen-bond donors (Lipinski definition) is 2. The second-order valence-corrected chi connectivity index (χ2v) is 8.98. The van der Waals surface area contributed by atoms with Gasteiger partial charge in [-0.15, -0.1) is 24.0 Å². The number of likely N-dealkylation sites (tertiary alicyclic amines) is 1. The summed E-state index contributed by atoms with van der Waals surface area (Å²) in [5, 5.41) is 7.22. The van der Waals surface area contributed by atoms with Crippen LogP contribution in [0.4, 0.5) is 0 Å². The van der Waals surface area contributed by atoms with Crippen molar-refractivity contribution in [3.8, 4) is 0 Å². The summed E-state index contributed by atoms with van der Waals surface area (Å²) in [6.45, 7) is 10.7. The van der Waals surface area contributed by atoms with Crippen LogP contribution in [-0.4, -0.2) is 49.5 Å². The molecule has 7 heteroatoms. The number of nitrogens with one attached hydrogen (secondary N) is 2. The van der Waals surface area contributed by atoms with Crippen LogP contribution in [0.1, 0.15) is 45.6 Å². The third-order valence-corrected chi connectivity index (χ3v) is 5.96. The zero-order valence-electron chi connectivity index (χ0n) is 17.1. The number of hydrogen-bond acceptors (Lipinski definition) is 2. The van der Waals surface area contributed by atoms with Crippen LogP contribution in [0.5, 0.6) is 0 Å². The van der Waals surface area contributed by atoms with Crippen molar-refractivity contribution in [1.82, 2.24) is 15.5 Å². The molecule has 2 aliphatic rings. The van der Waals surface area contributed by atoms with Gasteiger partial charge in [0.15, 0.2) is 5.96 Å². The summed E-state index contributed by atoms with van der Waals surface area (Å²) in [4.78, 5) is 19.1. The molecule has 2 N–H and O–H groups in total. The molecule has 1 atom stereocenters. The number of nitrogens with zero attached hydrogens (tertiary/aromatic N) is 2. The number of carbonyl (C=O) groups excluding carboxylic acids is 1. The zero-order chi connectivity index (χ0) is 19.5. The Morgan fingerprint density at radius 1 is 1.43 bits per heavy atom. The molecule has 1 unspecified atom stereocenters. The SMILES string of the molecule is CCNC(=NCC(C)(C)c1cccc(Cl)c1)N1CCCC2(CNC(=O)C2)C1.I. The second-order valence-electron chi connectivity index (χ2n) is 8.54. The summed E-state index contributed by atoms with van der Waals surface area (Å²) in [6, 6.07) is 8.03. The molecule has 2 saturated heterocycles. The fraction of sp³-hybridized carbons (Fsp3) is 0.619. The van der Waals surface area contributed by atoms with Gasteiger partial charge in [0, 0.05) is 48.5 Å². The van der Waals surface area contributed by atoms with E-state index < -0.39 is 0 Å². The first-order chi connectivity index (χ1) is 12.8. The van der Waals surface area contributed by atoms with E-state index in [1.54, 1.807) is 0 Å². The molecule has 2 aliphatic heterocycles. The topological polar surface area (TPSA) is 56.7 Å². The highest BCUT2D eigenvalue weighted by molar-refractivity contribution is 14.0. The molecule has 0 saturated carbocycles. The van der Waals surface area contributed by atoms with Crippen molar-refractivity contribution in [3.63, 3.8) is 0 Å². The van der Waals surface area contributed by atoms with Crippen LogP contribution >= 0.6 is 35.6 Å². The van der Waals surface area contributed by atoms with Crippen LogP contribution in [0.25, 0.3) is 0 Å². The van der Waals surface area contributed by atoms with E-state index in [1.165, 1.54) is 5.56 Å². The largest absolute Gasteiger partial charge is 0.357 e. The Kier molecular flexibility index (Phi) is 8.02. The van der Waals surface area contributed by atoms with Gasteiger partial charge in [-0.1, -0.05) is 37.6 Å². The maximum Gasteiger partial charge on any atom is 0.220 e. The Labute approximate surface area is 190 Å². The van der Waals surface area contributed by atoms with Gasteiger partial charge in [0.2, 0.25) is 5.91 Å². The van der Waals surface area contributed by atoms with E-state index in [4.69, 9.17) is 16.6 Å². The fourth-order valence-electron chi connectivity index (χ4n) is 4.13. The first kappa shape index (κ1) is 23.3. The predicted octanol–water partition coefficient (Wildman–Crippen LogP) is 3.80. The number of amides is 1. The molecule has 156 valence electrons. The first-order valence-corrected chi connectivity index (χ1v) is 10.3. The van der Waals surface area contributed by atoms with E-state index in [2.05, 4.69) is 42.4 Å². The third kappa shape index (κ3) is 5.53. The number of rotatable bonds is 4. The van der Waals surface area contributed by atoms with E-state index in [0.29, 0.717) is 13.0 Å². The second kappa shape index (κ2) is 9.65. The molecule has 0 aromatic heterocycles. The van der Waals surface area contributed by atoms with Crippen molar-refractivity contribution < 1.29 is 4.79 Å². The van der Waals surface area contributed by atoms with Gasteiger partial charge in [-0.2, -0.15) is 0 Å². The molecule has 28 heavy (non-hydrogen) atoms. The lowest BCUT2D eigenvalue weighted by molar-refractivity contribution is -0.119. The summed E-state index contributed by atoms with van der Waals surface area (Å²) >= 11 is 6.18. The number of guanidine groups is 1. The van der Waals surface area contributed by atoms with E-state index in [-0.39, 0.29) is 40.7 Å². The molecule has 3 rings (SSSR count). The lowest BCUT2D eigenvalue weighted by Crippen LogP contribution is -2.51. The van der Waals surface area contributed by atoms with Gasteiger partial charge in [-0.25, -0.2) is 0 Å². The molecule has 2 heterocycles. The van der Waals surface area contributed by atoms with E-state index in [0.717, 1.165) is 50.0 Å². The van der Waals surface area contributed by atoms with Crippen molar-refractivity contribution in [1.29, 1.82) is 0 Å². The van der Waals surface area contributed by atoms with Gasteiger partial charge >= 0.3 is 0 Å². The highest BCUT2D eigenvalue weighted by Crippen LogP contribution is 2.36. The van der Waals surface area contributed by atoms with Gasteiger partial charge in [-0.05, 0) is 37.5 Å². The Morgan fingerprint density at radius 3 is 2.86 bits per heavy atom. The maximum absolute atomic E-state index is 11.8. The van der Waals surface area contributed by atoms with Crippen LogP contribution in [0.2, 0.25) is 5.02 Å². The Morgan fingerprint density at radius 2 is 2.21 bits per heavy atom. The number of carbonyl (C=O) groups is 1. The Bertz CT molecular complexity index is 724. The van der Waals surface area contributed by atoms with Gasteiger partial charge < -0.3 is 15.5 Å². The average molecular weight is 519 g/mol. The van der Waals surface area contributed by atoms with E-state index in [1.807, 2.05) is 18.2 Å². The molecular formula is C21H32ClIN4O. The highest BCUT2D eigenvalue weighted by Gasteiger charge is 2.42. The summed E-state index contributed by atoms with van der Waals surface area (Å²) < 4.78 is 0. The van der Waals surface area contributed by atoms with E-state index >= 15 is 0 Å².